The first-order valence-corrected chi connectivity index (χ1v) is 13.8. The number of nitrogens with zero attached hydrogens (tertiary/aromatic N) is 1. The molecule has 0 aliphatic carbocycles. The van der Waals surface area contributed by atoms with Crippen LogP contribution >= 0.6 is 0 Å². The number of aryl methyl sites for hydroxylation is 2. The number of rotatable bonds is 15. The summed E-state index contributed by atoms with van der Waals surface area (Å²) in [6.45, 7) is 12.6. The number of hydrogen-bond donors (Lipinski definition) is 3. The van der Waals surface area contributed by atoms with Crippen molar-refractivity contribution in [2.75, 3.05) is 26.3 Å². The second kappa shape index (κ2) is 16.7. The van der Waals surface area contributed by atoms with Crippen molar-refractivity contribution < 1.29 is 33.8 Å². The maximum atomic E-state index is 13.8. The van der Waals surface area contributed by atoms with Gasteiger partial charge in [-0.25, -0.2) is 4.79 Å². The fourth-order valence-electron chi connectivity index (χ4n) is 3.94. The third-order valence-electron chi connectivity index (χ3n) is 6.05. The molecule has 39 heavy (non-hydrogen) atoms. The zero-order valence-corrected chi connectivity index (χ0v) is 24.6. The Labute approximate surface area is 232 Å². The van der Waals surface area contributed by atoms with Crippen molar-refractivity contribution in [3.63, 3.8) is 0 Å². The molecule has 0 aromatic heterocycles. The molecule has 2 atom stereocenters. The van der Waals surface area contributed by atoms with Gasteiger partial charge in [-0.2, -0.15) is 0 Å². The standard InChI is InChI=1S/C29H47N3O7/c1-8-10-11-12-17-32(27(36)23(19-33)31-28(37)39-29(5,6)7)25(22-14-13-20(3)21(4)18-22)26(35)30-16-15-24(34)38-9-2/h13-14,18,23,25,33H,8-12,15-17,19H2,1-7H3,(H,30,35)(H,31,37). The lowest BCUT2D eigenvalue weighted by molar-refractivity contribution is -0.144. The average molecular weight is 550 g/mol. The molecule has 10 heteroatoms. The number of aliphatic hydroxyl groups is 1. The molecule has 0 radical (unpaired) electrons. The van der Waals surface area contributed by atoms with E-state index in [4.69, 9.17) is 9.47 Å². The van der Waals surface area contributed by atoms with Crippen LogP contribution in [0.3, 0.4) is 0 Å². The Kier molecular flexibility index (Phi) is 14.5. The van der Waals surface area contributed by atoms with Crippen LogP contribution in [0, 0.1) is 13.8 Å². The molecule has 0 aliphatic rings. The largest absolute Gasteiger partial charge is 0.466 e. The van der Waals surface area contributed by atoms with Gasteiger partial charge in [-0.3, -0.25) is 14.4 Å². The van der Waals surface area contributed by atoms with Gasteiger partial charge in [0.15, 0.2) is 0 Å². The van der Waals surface area contributed by atoms with Gasteiger partial charge in [-0.15, -0.1) is 0 Å². The SMILES string of the molecule is CCCCCCN(C(=O)C(CO)NC(=O)OC(C)(C)C)C(C(=O)NCCC(=O)OCC)c1ccc(C)c(C)c1. The predicted molar refractivity (Wildman–Crippen MR) is 149 cm³/mol. The van der Waals surface area contributed by atoms with Crippen molar-refractivity contribution in [3.8, 4) is 0 Å². The van der Waals surface area contributed by atoms with E-state index in [1.54, 1.807) is 33.8 Å². The summed E-state index contributed by atoms with van der Waals surface area (Å²) in [6, 6.07) is 3.17. The summed E-state index contributed by atoms with van der Waals surface area (Å²) in [5, 5.41) is 15.3. The van der Waals surface area contributed by atoms with Crippen LogP contribution in [0.1, 0.15) is 89.5 Å². The van der Waals surface area contributed by atoms with Crippen molar-refractivity contribution in [2.45, 2.75) is 98.3 Å². The first-order valence-electron chi connectivity index (χ1n) is 13.8. The quantitative estimate of drug-likeness (QED) is 0.224. The van der Waals surface area contributed by atoms with E-state index < -0.39 is 48.2 Å². The van der Waals surface area contributed by atoms with Crippen LogP contribution in [0.15, 0.2) is 18.2 Å². The molecule has 0 bridgehead atoms. The summed E-state index contributed by atoms with van der Waals surface area (Å²) >= 11 is 0. The number of carbonyl (C=O) groups is 4. The van der Waals surface area contributed by atoms with Gasteiger partial charge in [-0.1, -0.05) is 44.4 Å². The van der Waals surface area contributed by atoms with Gasteiger partial charge < -0.3 is 30.1 Å². The third kappa shape index (κ3) is 12.1. The highest BCUT2D eigenvalue weighted by Crippen LogP contribution is 2.25. The van der Waals surface area contributed by atoms with E-state index in [0.717, 1.165) is 30.4 Å². The minimum absolute atomic E-state index is 0.0108. The van der Waals surface area contributed by atoms with E-state index >= 15 is 0 Å². The normalized spacial score (nSPS) is 12.7. The summed E-state index contributed by atoms with van der Waals surface area (Å²) in [7, 11) is 0. The van der Waals surface area contributed by atoms with Crippen molar-refractivity contribution in [1.29, 1.82) is 0 Å². The highest BCUT2D eigenvalue weighted by molar-refractivity contribution is 5.92. The van der Waals surface area contributed by atoms with E-state index in [9.17, 15) is 24.3 Å². The van der Waals surface area contributed by atoms with Crippen LogP contribution in [0.4, 0.5) is 4.79 Å². The van der Waals surface area contributed by atoms with Crippen LogP contribution in [-0.4, -0.2) is 71.8 Å². The number of esters is 1. The summed E-state index contributed by atoms with van der Waals surface area (Å²) in [4.78, 5) is 53.1. The topological polar surface area (TPSA) is 134 Å². The second-order valence-electron chi connectivity index (χ2n) is 10.6. The van der Waals surface area contributed by atoms with Gasteiger partial charge >= 0.3 is 12.1 Å². The minimum atomic E-state index is -1.31. The Morgan fingerprint density at radius 3 is 2.28 bits per heavy atom. The van der Waals surface area contributed by atoms with Crippen molar-refractivity contribution in [3.05, 3.63) is 34.9 Å². The number of aliphatic hydroxyl groups excluding tert-OH is 1. The highest BCUT2D eigenvalue weighted by Gasteiger charge is 2.36. The average Bonchev–Trinajstić information content (AvgIpc) is 2.85. The van der Waals surface area contributed by atoms with Crippen molar-refractivity contribution in [2.24, 2.45) is 0 Å². The molecule has 0 aliphatic heterocycles. The fraction of sp³-hybridized carbons (Fsp3) is 0.655. The van der Waals surface area contributed by atoms with E-state index in [1.165, 1.54) is 4.90 Å². The van der Waals surface area contributed by atoms with Gasteiger partial charge in [0.25, 0.3) is 0 Å². The Balaban J connectivity index is 3.38. The van der Waals surface area contributed by atoms with E-state index in [0.29, 0.717) is 12.0 Å². The van der Waals surface area contributed by atoms with Crippen LogP contribution in [-0.2, 0) is 23.9 Å². The lowest BCUT2D eigenvalue weighted by Gasteiger charge is -2.34. The Hall–Kier alpha value is -3.14. The van der Waals surface area contributed by atoms with Crippen molar-refractivity contribution in [1.82, 2.24) is 15.5 Å². The third-order valence-corrected chi connectivity index (χ3v) is 6.05. The van der Waals surface area contributed by atoms with Crippen LogP contribution < -0.4 is 10.6 Å². The number of hydrogen-bond acceptors (Lipinski definition) is 7. The Morgan fingerprint density at radius 2 is 1.72 bits per heavy atom. The molecule has 0 heterocycles. The van der Waals surface area contributed by atoms with Crippen LogP contribution in [0.25, 0.3) is 0 Å². The van der Waals surface area contributed by atoms with E-state index in [1.807, 2.05) is 26.0 Å². The monoisotopic (exact) mass is 549 g/mol. The fourth-order valence-corrected chi connectivity index (χ4v) is 3.94. The minimum Gasteiger partial charge on any atom is -0.466 e. The molecule has 0 fully saturated rings. The lowest BCUT2D eigenvalue weighted by Crippen LogP contribution is -2.54. The molecule has 0 saturated carbocycles. The highest BCUT2D eigenvalue weighted by atomic mass is 16.6. The molecule has 1 aromatic carbocycles. The molecule has 1 aromatic rings. The zero-order chi connectivity index (χ0) is 29.6. The van der Waals surface area contributed by atoms with Gasteiger partial charge in [-0.05, 0) is 64.7 Å². The molecule has 3 amide bonds. The Morgan fingerprint density at radius 1 is 1.03 bits per heavy atom. The number of alkyl carbamates (subject to hydrolysis) is 1. The van der Waals surface area contributed by atoms with E-state index in [-0.39, 0.29) is 26.1 Å². The lowest BCUT2D eigenvalue weighted by atomic mass is 9.98. The molecule has 3 N–H and O–H groups in total. The summed E-state index contributed by atoms with van der Waals surface area (Å²) in [6.07, 6.45) is 2.56. The van der Waals surface area contributed by atoms with Gasteiger partial charge in [0.1, 0.15) is 17.7 Å². The number of benzene rings is 1. The summed E-state index contributed by atoms with van der Waals surface area (Å²) in [5.74, 6) is -1.51. The van der Waals surface area contributed by atoms with Gasteiger partial charge in [0.05, 0.1) is 19.6 Å². The van der Waals surface area contributed by atoms with Gasteiger partial charge in [0, 0.05) is 13.1 Å². The molecule has 0 spiro atoms. The summed E-state index contributed by atoms with van der Waals surface area (Å²) in [5.41, 5.74) is 1.76. The van der Waals surface area contributed by atoms with Crippen LogP contribution in [0.2, 0.25) is 0 Å². The number of amides is 3. The number of unbranched alkanes of at least 4 members (excludes halogenated alkanes) is 3. The maximum absolute atomic E-state index is 13.8. The molecule has 0 saturated heterocycles. The van der Waals surface area contributed by atoms with Gasteiger partial charge in [0.2, 0.25) is 11.8 Å². The first kappa shape index (κ1) is 33.9. The maximum Gasteiger partial charge on any atom is 0.408 e. The van der Waals surface area contributed by atoms with E-state index in [2.05, 4.69) is 17.6 Å². The molecule has 10 nitrogen and oxygen atoms in total. The van der Waals surface area contributed by atoms with Crippen molar-refractivity contribution >= 4 is 23.9 Å². The molecule has 220 valence electrons. The number of nitrogens with one attached hydrogen (secondary N) is 2. The number of ether oxygens (including phenoxy) is 2. The second-order valence-corrected chi connectivity index (χ2v) is 10.6. The number of carbonyl (C=O) groups excluding carboxylic acids is 4. The molecular weight excluding hydrogens is 502 g/mol. The zero-order valence-electron chi connectivity index (χ0n) is 24.6. The molecular formula is C29H47N3O7. The predicted octanol–water partition coefficient (Wildman–Crippen LogP) is 3.71. The summed E-state index contributed by atoms with van der Waals surface area (Å²) < 4.78 is 10.2. The molecule has 2 unspecified atom stereocenters. The van der Waals surface area contributed by atoms with Crippen LogP contribution in [0.5, 0.6) is 0 Å². The Bertz CT molecular complexity index is 959. The first-order chi connectivity index (χ1) is 18.3. The molecule has 1 rings (SSSR count). The smallest absolute Gasteiger partial charge is 0.408 e.